The maximum Gasteiger partial charge on any atom is 0.295 e. The first-order chi connectivity index (χ1) is 32.5. The van der Waals surface area contributed by atoms with Crippen LogP contribution in [0.1, 0.15) is 11.1 Å². The number of nitriles is 1. The largest absolute Gasteiger partial charge is 0.339 e. The van der Waals surface area contributed by atoms with Crippen LogP contribution < -0.4 is 10.6 Å². The van der Waals surface area contributed by atoms with Crippen LogP contribution in [0.15, 0.2) is 155 Å². The van der Waals surface area contributed by atoms with Gasteiger partial charge in [0.15, 0.2) is 16.6 Å². The van der Waals surface area contributed by atoms with Crippen LogP contribution in [0.3, 0.4) is 0 Å². The maximum absolute atomic E-state index is 12.6. The lowest BCUT2D eigenvalue weighted by atomic mass is 10.1. The molecule has 0 aliphatic carbocycles. The number of hydrogen-bond donors (Lipinski definition) is 6. The van der Waals surface area contributed by atoms with E-state index in [1.807, 2.05) is 36.4 Å². The summed E-state index contributed by atoms with van der Waals surface area (Å²) in [4.78, 5) is 6.91. The Morgan fingerprint density at radius 2 is 1.17 bits per heavy atom. The first-order valence-electron chi connectivity index (χ1n) is 19.2. The van der Waals surface area contributed by atoms with Gasteiger partial charge in [0.25, 0.3) is 40.5 Å². The van der Waals surface area contributed by atoms with E-state index in [4.69, 9.17) is 11.6 Å². The number of nitrogens with one attached hydrogen (secondary N) is 2. The molecule has 0 aliphatic rings. The van der Waals surface area contributed by atoms with Crippen molar-refractivity contribution in [3.63, 3.8) is 0 Å². The van der Waals surface area contributed by atoms with Gasteiger partial charge >= 0.3 is 0 Å². The minimum Gasteiger partial charge on any atom is -0.339 e. The number of thiazole rings is 1. The summed E-state index contributed by atoms with van der Waals surface area (Å²) in [7, 11) is -19.1. The summed E-state index contributed by atoms with van der Waals surface area (Å²) in [5, 5.41) is 34.4. The van der Waals surface area contributed by atoms with Crippen molar-refractivity contribution in [3.05, 3.63) is 131 Å². The lowest BCUT2D eigenvalue weighted by Gasteiger charge is -2.16. The molecule has 69 heavy (non-hydrogen) atoms. The van der Waals surface area contributed by atoms with Gasteiger partial charge in [-0.1, -0.05) is 59.3 Å². The highest BCUT2D eigenvalue weighted by molar-refractivity contribution is 7.86. The molecule has 2 aromatic heterocycles. The molecular formula is C42H28ClN9O12S5. The lowest BCUT2D eigenvalue weighted by Crippen LogP contribution is -2.05. The van der Waals surface area contributed by atoms with Gasteiger partial charge in [-0.3, -0.25) is 18.2 Å². The Balaban J connectivity index is 1.26. The van der Waals surface area contributed by atoms with Crippen LogP contribution in [0.25, 0.3) is 32.8 Å². The zero-order chi connectivity index (χ0) is 49.6. The van der Waals surface area contributed by atoms with Gasteiger partial charge in [-0.2, -0.15) is 38.9 Å². The monoisotopic (exact) mass is 1050 g/mol. The molecule has 27 heteroatoms. The fourth-order valence-corrected chi connectivity index (χ4v) is 10.2. The van der Waals surface area contributed by atoms with Crippen molar-refractivity contribution in [1.29, 1.82) is 5.26 Å². The van der Waals surface area contributed by atoms with Crippen molar-refractivity contribution in [2.45, 2.75) is 26.5 Å². The van der Waals surface area contributed by atoms with Crippen LogP contribution in [0.4, 0.5) is 44.5 Å². The van der Waals surface area contributed by atoms with Crippen LogP contribution in [-0.4, -0.2) is 61.9 Å². The highest BCUT2D eigenvalue weighted by Crippen LogP contribution is 2.44. The van der Waals surface area contributed by atoms with Gasteiger partial charge in [-0.25, -0.2) is 9.97 Å². The first-order valence-corrected chi connectivity index (χ1v) is 26.1. The van der Waals surface area contributed by atoms with Crippen LogP contribution in [0.2, 0.25) is 5.02 Å². The van der Waals surface area contributed by atoms with Crippen LogP contribution >= 0.6 is 22.9 Å². The summed E-state index contributed by atoms with van der Waals surface area (Å²) in [6, 6.07) is 28.7. The van der Waals surface area contributed by atoms with E-state index in [2.05, 4.69) is 47.1 Å². The summed E-state index contributed by atoms with van der Waals surface area (Å²) in [5.41, 5.74) is 1.08. The summed E-state index contributed by atoms with van der Waals surface area (Å²) in [6.07, 6.45) is 0. The lowest BCUT2D eigenvalue weighted by molar-refractivity contribution is 0.481. The zero-order valence-corrected chi connectivity index (χ0v) is 39.4. The van der Waals surface area contributed by atoms with Gasteiger partial charge in [0.2, 0.25) is 5.13 Å². The number of nitrogens with zero attached hydrogens (tertiary/aromatic N) is 7. The molecule has 6 N–H and O–H groups in total. The molecule has 350 valence electrons. The second-order valence-corrected chi connectivity index (χ2v) is 21.5. The van der Waals surface area contributed by atoms with Gasteiger partial charge in [-0.05, 0) is 96.6 Å². The molecule has 0 aliphatic heterocycles. The summed E-state index contributed by atoms with van der Waals surface area (Å²) in [5.74, 6) is -0.0894. The summed E-state index contributed by atoms with van der Waals surface area (Å²) in [6.45, 7) is 1.53. The minimum absolute atomic E-state index is 0.0213. The molecule has 21 nitrogen and oxygen atoms in total. The molecule has 2 heterocycles. The van der Waals surface area contributed by atoms with E-state index in [1.54, 1.807) is 6.07 Å². The molecule has 8 aromatic rings. The Bertz CT molecular complexity index is 4000. The molecule has 8 rings (SSSR count). The Morgan fingerprint density at radius 3 is 1.75 bits per heavy atom. The SMILES string of the molecule is Cc1c(C#N)c(Nc2ccc(S(=O)(=O)O)cc2)nc(Nc2ccc(S(=O)(=O)O)cc2)c1N=Nc1nc(-c2ccc3ccccc3c2)c(N=Nc2cc(S(=O)(=O)O)c3cc(Cl)cc(S(=O)(=O)O)c3c2)s1. The average molecular weight is 1050 g/mol. The van der Waals surface area contributed by atoms with Crippen LogP contribution in [0.5, 0.6) is 0 Å². The number of hydrogen-bond acceptors (Lipinski definition) is 18. The van der Waals surface area contributed by atoms with Gasteiger partial charge in [0.05, 0.1) is 21.0 Å². The van der Waals surface area contributed by atoms with Gasteiger partial charge in [0.1, 0.15) is 27.2 Å². The predicted octanol–water partition coefficient (Wildman–Crippen LogP) is 10.6. The van der Waals surface area contributed by atoms with E-state index >= 15 is 0 Å². The third-order valence-electron chi connectivity index (χ3n) is 9.97. The highest BCUT2D eigenvalue weighted by atomic mass is 35.5. The van der Waals surface area contributed by atoms with Crippen LogP contribution in [-0.2, 0) is 40.5 Å². The van der Waals surface area contributed by atoms with Crippen molar-refractivity contribution >= 4 is 129 Å². The molecule has 0 amide bonds. The van der Waals surface area contributed by atoms with Crippen LogP contribution in [0, 0.1) is 18.3 Å². The molecular weight excluding hydrogens is 1020 g/mol. The van der Waals surface area contributed by atoms with E-state index in [9.17, 15) is 57.1 Å². The molecule has 0 atom stereocenters. The minimum atomic E-state index is -5.05. The van der Waals surface area contributed by atoms with E-state index < -0.39 is 55.2 Å². The fraction of sp³-hybridized carbons (Fsp3) is 0.0238. The van der Waals surface area contributed by atoms with Crippen molar-refractivity contribution < 1.29 is 51.9 Å². The van der Waals surface area contributed by atoms with E-state index in [0.717, 1.165) is 70.6 Å². The smallest absolute Gasteiger partial charge is 0.295 e. The summed E-state index contributed by atoms with van der Waals surface area (Å²) >= 11 is 6.91. The molecule has 6 aromatic carbocycles. The number of benzene rings is 6. The fourth-order valence-electron chi connectivity index (χ4n) is 6.79. The molecule has 0 bridgehead atoms. The second kappa shape index (κ2) is 18.4. The quantitative estimate of drug-likeness (QED) is 0.0461. The van der Waals surface area contributed by atoms with Gasteiger partial charge in [-0.15, -0.1) is 20.5 Å². The Morgan fingerprint density at radius 1 is 0.609 bits per heavy atom. The van der Waals surface area contributed by atoms with Crippen molar-refractivity contribution in [2.24, 2.45) is 20.5 Å². The second-order valence-electron chi connectivity index (χ2n) is 14.5. The first kappa shape index (κ1) is 48.3. The third kappa shape index (κ3) is 10.6. The standard InChI is InChI=1S/C42H28ClN9O12S5/c1-22-34(21-44)39(45-27-8-12-30(13-9-27)66(53,54)55)48-40(46-28-10-14-31(15-11-28)67(56,57)58)37(22)50-52-42-47-38(25-7-6-23-4-2-3-5-24(23)16-25)41(65-42)51-49-29-19-33-32(36(20-29)69(62,63)64)17-26(43)18-35(33)68(59,60)61/h2-20H,1H3,(H2,45,46,48)(H,53,54,55)(H,56,57,58)(H,59,60,61)(H,62,63,64). The van der Waals surface area contributed by atoms with Crippen molar-refractivity contribution in [3.8, 4) is 17.3 Å². The van der Waals surface area contributed by atoms with E-state index in [1.165, 1.54) is 31.2 Å². The zero-order valence-electron chi connectivity index (χ0n) is 34.6. The van der Waals surface area contributed by atoms with Gasteiger partial charge in [0, 0.05) is 38.3 Å². The maximum atomic E-state index is 12.6. The molecule has 0 fully saturated rings. The topological polar surface area (TPSA) is 341 Å². The number of azo groups is 2. The number of aromatic nitrogens is 2. The Labute approximate surface area is 400 Å². The number of anilines is 4. The van der Waals surface area contributed by atoms with Crippen molar-refractivity contribution in [2.75, 3.05) is 10.6 Å². The number of pyridine rings is 1. The number of halogens is 1. The highest BCUT2D eigenvalue weighted by Gasteiger charge is 2.24. The number of fused-ring (bicyclic) bond motifs is 2. The predicted molar refractivity (Wildman–Crippen MR) is 255 cm³/mol. The van der Waals surface area contributed by atoms with E-state index in [-0.39, 0.29) is 82.0 Å². The normalized spacial score (nSPS) is 12.5. The Kier molecular flexibility index (Phi) is 12.9. The average Bonchev–Trinajstić information content (AvgIpc) is 3.69. The van der Waals surface area contributed by atoms with E-state index in [0.29, 0.717) is 5.56 Å². The van der Waals surface area contributed by atoms with Gasteiger partial charge < -0.3 is 10.6 Å². The molecule has 0 spiro atoms. The molecule has 0 saturated heterocycles. The Hall–Kier alpha value is -7.16. The third-order valence-corrected chi connectivity index (χ3v) is 14.5. The van der Waals surface area contributed by atoms with Crippen molar-refractivity contribution in [1.82, 2.24) is 9.97 Å². The molecule has 0 unspecified atom stereocenters. The molecule has 0 saturated carbocycles. The number of rotatable bonds is 13. The molecule has 0 radical (unpaired) electrons. The summed E-state index contributed by atoms with van der Waals surface area (Å²) < 4.78 is 136.